The highest BCUT2D eigenvalue weighted by Gasteiger charge is 2.21. The third-order valence-electron chi connectivity index (χ3n) is 2.15. The van der Waals surface area contributed by atoms with Crippen LogP contribution in [0, 0.1) is 11.8 Å². The van der Waals surface area contributed by atoms with Crippen molar-refractivity contribution in [3.05, 3.63) is 35.9 Å². The molecule has 0 aromatic heterocycles. The van der Waals surface area contributed by atoms with Crippen molar-refractivity contribution in [3.63, 3.8) is 0 Å². The average Bonchev–Trinajstić information content (AvgIpc) is 2.34. The van der Waals surface area contributed by atoms with E-state index in [1.54, 1.807) is 0 Å². The molecule has 0 aliphatic rings. The van der Waals surface area contributed by atoms with Crippen molar-refractivity contribution in [2.75, 3.05) is 6.61 Å². The number of benzene rings is 1. The molecule has 0 fully saturated rings. The molecule has 1 aromatic carbocycles. The van der Waals surface area contributed by atoms with Gasteiger partial charge in [0.25, 0.3) is 0 Å². The van der Waals surface area contributed by atoms with Crippen LogP contribution in [0.2, 0.25) is 0 Å². The van der Waals surface area contributed by atoms with Gasteiger partial charge in [-0.2, -0.15) is 0 Å². The zero-order valence-electron chi connectivity index (χ0n) is 10.9. The minimum atomic E-state index is -1.24. The fourth-order valence-corrected chi connectivity index (χ4v) is 1.86. The first-order chi connectivity index (χ1) is 8.43. The summed E-state index contributed by atoms with van der Waals surface area (Å²) in [6, 6.07) is 9.02. The predicted octanol–water partition coefficient (Wildman–Crippen LogP) is 1.45. The molecular weight excluding hydrogens is 246 g/mol. The molecule has 0 aliphatic heterocycles. The lowest BCUT2D eigenvalue weighted by Gasteiger charge is -2.20. The maximum Gasteiger partial charge on any atom is 0.104 e. The molecule has 1 unspecified atom stereocenters. The molecule has 2 atom stereocenters. The highest BCUT2D eigenvalue weighted by atomic mass is 32.2. The quantitative estimate of drug-likeness (QED) is 0.813. The third kappa shape index (κ3) is 5.01. The van der Waals surface area contributed by atoms with E-state index in [9.17, 15) is 9.32 Å². The van der Waals surface area contributed by atoms with Crippen molar-refractivity contribution in [2.24, 2.45) is 0 Å². The average molecular weight is 265 g/mol. The van der Waals surface area contributed by atoms with Crippen molar-refractivity contribution < 1.29 is 9.32 Å². The van der Waals surface area contributed by atoms with E-state index >= 15 is 0 Å². The van der Waals surface area contributed by atoms with Gasteiger partial charge in [0.15, 0.2) is 0 Å². The minimum Gasteiger partial charge on any atom is -0.394 e. The zero-order chi connectivity index (χ0) is 13.6. The van der Waals surface area contributed by atoms with Crippen LogP contribution in [0.3, 0.4) is 0 Å². The van der Waals surface area contributed by atoms with Crippen molar-refractivity contribution in [2.45, 2.75) is 31.6 Å². The standard InChI is InChI=1S/C14H19NO2S/c1-14(2,3)18(17)15-13(11-16)10-9-12-7-5-4-6-8-12/h4-8,13,15-16H,11H2,1-3H3/t13-,18?/m1/s1. The van der Waals surface area contributed by atoms with Crippen molar-refractivity contribution in [3.8, 4) is 11.8 Å². The molecule has 2 N–H and O–H groups in total. The van der Waals surface area contributed by atoms with Gasteiger partial charge in [0.05, 0.1) is 22.3 Å². The van der Waals surface area contributed by atoms with Crippen LogP contribution in [-0.2, 0) is 11.0 Å². The highest BCUT2D eigenvalue weighted by molar-refractivity contribution is 7.84. The van der Waals surface area contributed by atoms with E-state index in [-0.39, 0.29) is 11.4 Å². The molecule has 1 rings (SSSR count). The Kier molecular flexibility index (Phi) is 5.54. The van der Waals surface area contributed by atoms with E-state index < -0.39 is 17.0 Å². The molecule has 0 spiro atoms. The molecule has 0 amide bonds. The van der Waals surface area contributed by atoms with Gasteiger partial charge in [-0.05, 0) is 32.9 Å². The predicted molar refractivity (Wildman–Crippen MR) is 75.2 cm³/mol. The summed E-state index contributed by atoms with van der Waals surface area (Å²) in [6.45, 7) is 5.45. The first-order valence-electron chi connectivity index (χ1n) is 5.79. The lowest BCUT2D eigenvalue weighted by Crippen LogP contribution is -2.40. The molecular formula is C14H19NO2S. The van der Waals surface area contributed by atoms with Gasteiger partial charge in [-0.25, -0.2) is 8.93 Å². The summed E-state index contributed by atoms with van der Waals surface area (Å²) in [7, 11) is -1.24. The summed E-state index contributed by atoms with van der Waals surface area (Å²) in [5.41, 5.74) is 0.874. The molecule has 0 saturated heterocycles. The molecule has 0 radical (unpaired) electrons. The molecule has 18 heavy (non-hydrogen) atoms. The summed E-state index contributed by atoms with van der Waals surface area (Å²) in [4.78, 5) is 0. The van der Waals surface area contributed by atoms with Gasteiger partial charge in [-0.3, -0.25) is 0 Å². The number of aliphatic hydroxyl groups excluding tert-OH is 1. The fourth-order valence-electron chi connectivity index (χ4n) is 1.11. The monoisotopic (exact) mass is 265 g/mol. The smallest absolute Gasteiger partial charge is 0.104 e. The Morgan fingerprint density at radius 3 is 2.44 bits per heavy atom. The Morgan fingerprint density at radius 1 is 1.33 bits per heavy atom. The lowest BCUT2D eigenvalue weighted by atomic mass is 10.2. The normalized spacial score (nSPS) is 14.4. The van der Waals surface area contributed by atoms with E-state index in [4.69, 9.17) is 0 Å². The summed E-state index contributed by atoms with van der Waals surface area (Å²) < 4.78 is 14.3. The third-order valence-corrected chi connectivity index (χ3v) is 3.76. The summed E-state index contributed by atoms with van der Waals surface area (Å²) in [5.74, 6) is 5.83. The van der Waals surface area contributed by atoms with Crippen LogP contribution in [-0.4, -0.2) is 26.7 Å². The Morgan fingerprint density at radius 2 is 1.94 bits per heavy atom. The second kappa shape index (κ2) is 6.69. The lowest BCUT2D eigenvalue weighted by molar-refractivity contribution is 0.280. The number of rotatable bonds is 3. The van der Waals surface area contributed by atoms with E-state index in [1.807, 2.05) is 51.1 Å². The largest absolute Gasteiger partial charge is 0.394 e. The van der Waals surface area contributed by atoms with Gasteiger partial charge in [0.2, 0.25) is 0 Å². The Bertz CT molecular complexity index is 454. The minimum absolute atomic E-state index is 0.165. The van der Waals surface area contributed by atoms with Gasteiger partial charge < -0.3 is 5.11 Å². The number of nitrogens with one attached hydrogen (secondary N) is 1. The van der Waals surface area contributed by atoms with E-state index in [1.165, 1.54) is 0 Å². The first kappa shape index (κ1) is 14.9. The van der Waals surface area contributed by atoms with E-state index in [0.717, 1.165) is 5.56 Å². The zero-order valence-corrected chi connectivity index (χ0v) is 11.8. The van der Waals surface area contributed by atoms with Crippen molar-refractivity contribution in [1.82, 2.24) is 4.72 Å². The highest BCUT2D eigenvalue weighted by Crippen LogP contribution is 2.09. The Hall–Kier alpha value is -1.15. The van der Waals surface area contributed by atoms with Gasteiger partial charge in [0.1, 0.15) is 6.04 Å². The molecule has 0 bridgehead atoms. The maximum absolute atomic E-state index is 11.9. The molecule has 1 aromatic rings. The van der Waals surface area contributed by atoms with Gasteiger partial charge in [-0.15, -0.1) is 0 Å². The van der Waals surface area contributed by atoms with Crippen molar-refractivity contribution in [1.29, 1.82) is 0 Å². The van der Waals surface area contributed by atoms with Crippen LogP contribution in [0.15, 0.2) is 30.3 Å². The number of hydrogen-bond donors (Lipinski definition) is 2. The summed E-state index contributed by atoms with van der Waals surface area (Å²) >= 11 is 0. The molecule has 0 heterocycles. The second-order valence-corrected chi connectivity index (χ2v) is 6.87. The molecule has 3 nitrogen and oxygen atoms in total. The van der Waals surface area contributed by atoms with E-state index in [2.05, 4.69) is 16.6 Å². The Balaban J connectivity index is 2.70. The topological polar surface area (TPSA) is 49.3 Å². The number of aliphatic hydroxyl groups is 1. The van der Waals surface area contributed by atoms with Crippen LogP contribution in [0.5, 0.6) is 0 Å². The van der Waals surface area contributed by atoms with Crippen LogP contribution in [0.4, 0.5) is 0 Å². The SMILES string of the molecule is CC(C)(C)S(=O)N[C@H](C#Cc1ccccc1)CO. The first-order valence-corrected chi connectivity index (χ1v) is 6.94. The van der Waals surface area contributed by atoms with Gasteiger partial charge in [0, 0.05) is 5.56 Å². The van der Waals surface area contributed by atoms with Crippen LogP contribution >= 0.6 is 0 Å². The molecule has 0 aliphatic carbocycles. The van der Waals surface area contributed by atoms with Crippen LogP contribution in [0.1, 0.15) is 26.3 Å². The molecule has 4 heteroatoms. The molecule has 0 saturated carbocycles. The van der Waals surface area contributed by atoms with Gasteiger partial charge in [-0.1, -0.05) is 30.0 Å². The van der Waals surface area contributed by atoms with Crippen LogP contribution < -0.4 is 4.72 Å². The fraction of sp³-hybridized carbons (Fsp3) is 0.429. The summed E-state index contributed by atoms with van der Waals surface area (Å²) in [5, 5.41) is 9.22. The van der Waals surface area contributed by atoms with Crippen molar-refractivity contribution >= 4 is 11.0 Å². The Labute approximate surface area is 111 Å². The second-order valence-electron chi connectivity index (χ2n) is 4.87. The summed E-state index contributed by atoms with van der Waals surface area (Å²) in [6.07, 6.45) is 0. The molecule has 98 valence electrons. The van der Waals surface area contributed by atoms with E-state index in [0.29, 0.717) is 0 Å². The van der Waals surface area contributed by atoms with Crippen LogP contribution in [0.25, 0.3) is 0 Å². The van der Waals surface area contributed by atoms with Gasteiger partial charge >= 0.3 is 0 Å². The maximum atomic E-state index is 11.9. The number of hydrogen-bond acceptors (Lipinski definition) is 2.